The maximum Gasteiger partial charge on any atom is 0.251 e. The van der Waals surface area contributed by atoms with Gasteiger partial charge in [0.2, 0.25) is 6.79 Å². The van der Waals surface area contributed by atoms with Gasteiger partial charge in [0.25, 0.3) is 5.91 Å². The minimum Gasteiger partial charge on any atom is -0.465 e. The first-order valence-electron chi connectivity index (χ1n) is 9.78. The number of amides is 1. The predicted octanol–water partition coefficient (Wildman–Crippen LogP) is 3.55. The highest BCUT2D eigenvalue weighted by molar-refractivity contribution is 5.94. The van der Waals surface area contributed by atoms with Gasteiger partial charge in [0, 0.05) is 25.2 Å². The molecule has 2 aromatic rings. The molecule has 6 heteroatoms. The number of benzene rings is 1. The minimum atomic E-state index is -0.0654. The molecule has 3 heterocycles. The van der Waals surface area contributed by atoms with Crippen LogP contribution in [0.4, 0.5) is 0 Å². The second kappa shape index (κ2) is 8.52. The average molecular weight is 382 g/mol. The first-order chi connectivity index (χ1) is 13.7. The molecule has 0 radical (unpaired) electrons. The van der Waals surface area contributed by atoms with E-state index in [0.29, 0.717) is 29.5 Å². The van der Waals surface area contributed by atoms with Gasteiger partial charge in [0.1, 0.15) is 5.76 Å². The summed E-state index contributed by atoms with van der Waals surface area (Å²) in [5.41, 5.74) is 1.88. The van der Waals surface area contributed by atoms with E-state index in [9.17, 15) is 4.79 Å². The Balaban J connectivity index is 1.27. The fourth-order valence-corrected chi connectivity index (χ4v) is 3.85. The molecule has 1 unspecified atom stereocenters. The van der Waals surface area contributed by atoms with Crippen molar-refractivity contribution in [2.75, 3.05) is 33.0 Å². The number of hydrogen-bond acceptors (Lipinski definition) is 5. The Labute approximate surface area is 165 Å². The van der Waals surface area contributed by atoms with Gasteiger partial charge in [0.15, 0.2) is 11.5 Å². The molecule has 1 aromatic heterocycles. The maximum absolute atomic E-state index is 12.5. The van der Waals surface area contributed by atoms with Gasteiger partial charge in [-0.05, 0) is 68.6 Å². The fourth-order valence-electron chi connectivity index (χ4n) is 3.85. The van der Waals surface area contributed by atoms with Crippen LogP contribution in [0.2, 0.25) is 0 Å². The van der Waals surface area contributed by atoms with Gasteiger partial charge >= 0.3 is 0 Å². The molecule has 0 spiro atoms. The van der Waals surface area contributed by atoms with Crippen LogP contribution in [0.3, 0.4) is 0 Å². The summed E-state index contributed by atoms with van der Waals surface area (Å²) in [5.74, 6) is 2.61. The highest BCUT2D eigenvalue weighted by atomic mass is 16.7. The summed E-state index contributed by atoms with van der Waals surface area (Å²) in [4.78, 5) is 14.9. The van der Waals surface area contributed by atoms with Crippen LogP contribution in [0.5, 0.6) is 11.5 Å². The third kappa shape index (κ3) is 4.57. The molecule has 2 aliphatic heterocycles. The molecule has 1 aromatic carbocycles. The molecule has 28 heavy (non-hydrogen) atoms. The van der Waals surface area contributed by atoms with Crippen LogP contribution in [0.1, 0.15) is 35.9 Å². The van der Waals surface area contributed by atoms with Crippen LogP contribution in [0, 0.1) is 5.92 Å². The molecule has 1 saturated heterocycles. The monoisotopic (exact) mass is 382 g/mol. The standard InChI is InChI=1S/C22H26N2O4/c1-16(10-19-5-3-9-26-19)13-24-8-2-4-17(14-24)12-23-22(25)18-6-7-20-21(11-18)28-15-27-20/h3,5-7,9-11,17H,2,4,8,12-15H2,1H3,(H,23,25)/b16-10+. The summed E-state index contributed by atoms with van der Waals surface area (Å²) in [6.45, 7) is 6.04. The first-order valence-corrected chi connectivity index (χ1v) is 9.78. The number of furan rings is 1. The predicted molar refractivity (Wildman–Crippen MR) is 106 cm³/mol. The maximum atomic E-state index is 12.5. The number of carbonyl (C=O) groups excluding carboxylic acids is 1. The van der Waals surface area contributed by atoms with E-state index in [0.717, 1.165) is 38.2 Å². The number of piperidine rings is 1. The number of nitrogens with one attached hydrogen (secondary N) is 1. The number of nitrogens with zero attached hydrogens (tertiary/aromatic N) is 1. The third-order valence-electron chi connectivity index (χ3n) is 5.19. The van der Waals surface area contributed by atoms with E-state index in [1.165, 1.54) is 5.57 Å². The van der Waals surface area contributed by atoms with Gasteiger partial charge in [0.05, 0.1) is 6.26 Å². The van der Waals surface area contributed by atoms with Crippen molar-refractivity contribution in [2.24, 2.45) is 5.92 Å². The van der Waals surface area contributed by atoms with Crippen LogP contribution in [-0.2, 0) is 0 Å². The summed E-state index contributed by atoms with van der Waals surface area (Å²) in [7, 11) is 0. The lowest BCUT2D eigenvalue weighted by Gasteiger charge is -2.33. The highest BCUT2D eigenvalue weighted by Gasteiger charge is 2.21. The SMILES string of the molecule is C/C(=C\c1ccco1)CN1CCCC(CNC(=O)c2ccc3c(c2)OCO3)C1. The van der Waals surface area contributed by atoms with E-state index in [1.807, 2.05) is 12.1 Å². The molecule has 2 aliphatic rings. The number of likely N-dealkylation sites (tertiary alicyclic amines) is 1. The molecular formula is C22H26N2O4. The Bertz CT molecular complexity index is 844. The van der Waals surface area contributed by atoms with Crippen molar-refractivity contribution < 1.29 is 18.7 Å². The molecule has 0 saturated carbocycles. The Kier molecular flexibility index (Phi) is 5.67. The average Bonchev–Trinajstić information content (AvgIpc) is 3.37. The zero-order valence-corrected chi connectivity index (χ0v) is 16.1. The van der Waals surface area contributed by atoms with Crippen LogP contribution in [0.15, 0.2) is 46.6 Å². The summed E-state index contributed by atoms with van der Waals surface area (Å²) in [5, 5.41) is 3.08. The van der Waals surface area contributed by atoms with E-state index in [4.69, 9.17) is 13.9 Å². The molecule has 4 rings (SSSR count). The summed E-state index contributed by atoms with van der Waals surface area (Å²) in [6, 6.07) is 9.17. The fraction of sp³-hybridized carbons (Fsp3) is 0.409. The second-order valence-corrected chi connectivity index (χ2v) is 7.53. The van der Waals surface area contributed by atoms with Gasteiger partial charge < -0.3 is 19.2 Å². The number of fused-ring (bicyclic) bond motifs is 1. The van der Waals surface area contributed by atoms with E-state index in [1.54, 1.807) is 24.5 Å². The lowest BCUT2D eigenvalue weighted by molar-refractivity contribution is 0.0934. The molecule has 1 fully saturated rings. The van der Waals surface area contributed by atoms with Crippen LogP contribution >= 0.6 is 0 Å². The summed E-state index contributed by atoms with van der Waals surface area (Å²) < 4.78 is 16.0. The Morgan fingerprint density at radius 2 is 2.18 bits per heavy atom. The zero-order valence-electron chi connectivity index (χ0n) is 16.1. The number of rotatable bonds is 6. The van der Waals surface area contributed by atoms with Gasteiger partial charge in [-0.25, -0.2) is 0 Å². The van der Waals surface area contributed by atoms with E-state index in [-0.39, 0.29) is 12.7 Å². The Morgan fingerprint density at radius 3 is 3.04 bits per heavy atom. The third-order valence-corrected chi connectivity index (χ3v) is 5.19. The highest BCUT2D eigenvalue weighted by Crippen LogP contribution is 2.32. The number of carbonyl (C=O) groups is 1. The molecule has 1 atom stereocenters. The topological polar surface area (TPSA) is 63.9 Å². The van der Waals surface area contributed by atoms with Crippen molar-refractivity contribution in [1.29, 1.82) is 0 Å². The van der Waals surface area contributed by atoms with E-state index < -0.39 is 0 Å². The zero-order chi connectivity index (χ0) is 19.3. The van der Waals surface area contributed by atoms with Crippen molar-refractivity contribution in [3.05, 3.63) is 53.5 Å². The first kappa shape index (κ1) is 18.6. The van der Waals surface area contributed by atoms with Gasteiger partial charge in [-0.2, -0.15) is 0 Å². The van der Waals surface area contributed by atoms with E-state index in [2.05, 4.69) is 23.2 Å². The second-order valence-electron chi connectivity index (χ2n) is 7.53. The molecular weight excluding hydrogens is 356 g/mol. The number of hydrogen-bond donors (Lipinski definition) is 1. The smallest absolute Gasteiger partial charge is 0.251 e. The van der Waals surface area contributed by atoms with Crippen LogP contribution in [0.25, 0.3) is 6.08 Å². The quantitative estimate of drug-likeness (QED) is 0.828. The Morgan fingerprint density at radius 1 is 1.29 bits per heavy atom. The molecule has 1 amide bonds. The minimum absolute atomic E-state index is 0.0654. The largest absolute Gasteiger partial charge is 0.465 e. The molecule has 0 bridgehead atoms. The summed E-state index contributed by atoms with van der Waals surface area (Å²) >= 11 is 0. The van der Waals surface area contributed by atoms with Crippen LogP contribution < -0.4 is 14.8 Å². The molecule has 1 N–H and O–H groups in total. The normalized spacial score (nSPS) is 19.6. The van der Waals surface area contributed by atoms with E-state index >= 15 is 0 Å². The van der Waals surface area contributed by atoms with Crippen LogP contribution in [-0.4, -0.2) is 43.8 Å². The van der Waals surface area contributed by atoms with Gasteiger partial charge in [-0.15, -0.1) is 0 Å². The van der Waals surface area contributed by atoms with Crippen molar-refractivity contribution in [3.8, 4) is 11.5 Å². The molecule has 6 nitrogen and oxygen atoms in total. The molecule has 0 aliphatic carbocycles. The Hall–Kier alpha value is -2.73. The lowest BCUT2D eigenvalue weighted by atomic mass is 9.97. The summed E-state index contributed by atoms with van der Waals surface area (Å²) in [6.07, 6.45) is 6.07. The van der Waals surface area contributed by atoms with Crippen molar-refractivity contribution in [3.63, 3.8) is 0 Å². The van der Waals surface area contributed by atoms with Gasteiger partial charge in [-0.1, -0.05) is 5.57 Å². The molecule has 148 valence electrons. The van der Waals surface area contributed by atoms with Crippen molar-refractivity contribution in [1.82, 2.24) is 10.2 Å². The van der Waals surface area contributed by atoms with Crippen molar-refractivity contribution in [2.45, 2.75) is 19.8 Å². The lowest BCUT2D eigenvalue weighted by Crippen LogP contribution is -2.41. The van der Waals surface area contributed by atoms with Gasteiger partial charge in [-0.3, -0.25) is 9.69 Å². The number of ether oxygens (including phenoxy) is 2. The van der Waals surface area contributed by atoms with Crippen molar-refractivity contribution >= 4 is 12.0 Å².